The fourth-order valence-corrected chi connectivity index (χ4v) is 5.86. The van der Waals surface area contributed by atoms with Crippen LogP contribution in [0.4, 0.5) is 0 Å². The third kappa shape index (κ3) is 1.73. The first-order chi connectivity index (χ1) is 9.97. The summed E-state index contributed by atoms with van der Waals surface area (Å²) in [7, 11) is 0. The van der Waals surface area contributed by atoms with E-state index in [1.54, 1.807) is 0 Å². The maximum Gasteiger partial charge on any atom is 0.109 e. The van der Waals surface area contributed by atoms with Crippen molar-refractivity contribution >= 4 is 0 Å². The molecule has 3 heteroatoms. The molecule has 2 fully saturated rings. The first kappa shape index (κ1) is 13.8. The van der Waals surface area contributed by atoms with Crippen LogP contribution in [0, 0.1) is 16.7 Å². The third-order valence-corrected chi connectivity index (χ3v) is 6.77. The third-order valence-electron chi connectivity index (χ3n) is 6.77. The summed E-state index contributed by atoms with van der Waals surface area (Å²) in [6, 6.07) is 0.646. The Labute approximate surface area is 128 Å². The Bertz CT molecular complexity index is 567. The Morgan fingerprint density at radius 1 is 1.33 bits per heavy atom. The quantitative estimate of drug-likeness (QED) is 0.902. The van der Waals surface area contributed by atoms with Gasteiger partial charge in [-0.15, -0.1) is 0 Å². The van der Waals surface area contributed by atoms with Crippen LogP contribution in [-0.2, 0) is 19.4 Å². The minimum atomic E-state index is 0.413. The largest absolute Gasteiger partial charge is 0.328 e. The van der Waals surface area contributed by atoms with Gasteiger partial charge in [-0.25, -0.2) is 4.98 Å². The van der Waals surface area contributed by atoms with E-state index in [0.29, 0.717) is 16.9 Å². The number of nitrogens with zero attached hydrogens (tertiary/aromatic N) is 2. The highest BCUT2D eigenvalue weighted by atomic mass is 15.2. The highest BCUT2D eigenvalue weighted by Crippen LogP contribution is 2.68. The summed E-state index contributed by atoms with van der Waals surface area (Å²) in [5.41, 5.74) is 3.76. The molecule has 116 valence electrons. The van der Waals surface area contributed by atoms with E-state index in [1.165, 1.54) is 36.5 Å². The molecule has 2 saturated carbocycles. The predicted molar refractivity (Wildman–Crippen MR) is 85.3 cm³/mol. The molecule has 1 N–H and O–H groups in total. The van der Waals surface area contributed by atoms with Crippen LogP contribution in [0.15, 0.2) is 0 Å². The lowest BCUT2D eigenvalue weighted by molar-refractivity contribution is 0.0788. The number of hydrogen-bond donors (Lipinski definition) is 1. The lowest BCUT2D eigenvalue weighted by Crippen LogP contribution is -2.39. The maximum absolute atomic E-state index is 4.99. The van der Waals surface area contributed by atoms with Crippen LogP contribution in [0.3, 0.4) is 0 Å². The molecule has 3 aliphatic rings. The SMILES string of the molecule is CCc1nc2c(n1C1C3(C)CCC(C3)C1(C)C)CCNC2. The molecule has 1 aromatic rings. The minimum absolute atomic E-state index is 0.413. The Hall–Kier alpha value is -0.830. The van der Waals surface area contributed by atoms with E-state index < -0.39 is 0 Å². The van der Waals surface area contributed by atoms with Gasteiger partial charge in [0, 0.05) is 37.7 Å². The first-order valence-electron chi connectivity index (χ1n) is 8.77. The topological polar surface area (TPSA) is 29.9 Å². The van der Waals surface area contributed by atoms with Gasteiger partial charge < -0.3 is 9.88 Å². The van der Waals surface area contributed by atoms with Gasteiger partial charge in [0.25, 0.3) is 0 Å². The molecular weight excluding hydrogens is 258 g/mol. The fraction of sp³-hybridized carbons (Fsp3) is 0.833. The number of rotatable bonds is 2. The van der Waals surface area contributed by atoms with Crippen LogP contribution in [-0.4, -0.2) is 16.1 Å². The van der Waals surface area contributed by atoms with E-state index in [1.807, 2.05) is 0 Å². The average Bonchev–Trinajstić information content (AvgIpc) is 3.06. The Balaban J connectivity index is 1.88. The van der Waals surface area contributed by atoms with Crippen LogP contribution < -0.4 is 5.32 Å². The van der Waals surface area contributed by atoms with Crippen molar-refractivity contribution in [3.8, 4) is 0 Å². The molecule has 2 heterocycles. The molecule has 0 saturated heterocycles. The summed E-state index contributed by atoms with van der Waals surface area (Å²) in [5, 5.41) is 3.48. The van der Waals surface area contributed by atoms with Crippen molar-refractivity contribution in [2.45, 2.75) is 72.4 Å². The van der Waals surface area contributed by atoms with E-state index in [2.05, 4.69) is 37.6 Å². The van der Waals surface area contributed by atoms with Crippen molar-refractivity contribution in [1.82, 2.24) is 14.9 Å². The zero-order chi connectivity index (χ0) is 14.8. The molecule has 21 heavy (non-hydrogen) atoms. The molecule has 4 rings (SSSR count). The molecule has 0 amide bonds. The Morgan fingerprint density at radius 2 is 2.14 bits per heavy atom. The standard InChI is InChI=1S/C18H29N3/c1-5-15-20-13-11-19-9-7-14(13)21(15)16-17(2,3)12-6-8-18(16,4)10-12/h12,16,19H,5-11H2,1-4H3. The minimum Gasteiger partial charge on any atom is -0.328 e. The maximum atomic E-state index is 4.99. The van der Waals surface area contributed by atoms with E-state index in [0.717, 1.165) is 31.8 Å². The normalized spacial score (nSPS) is 37.0. The number of nitrogens with one attached hydrogen (secondary N) is 1. The van der Waals surface area contributed by atoms with E-state index in [-0.39, 0.29) is 0 Å². The van der Waals surface area contributed by atoms with Crippen LogP contribution in [0.1, 0.15) is 70.2 Å². The number of aromatic nitrogens is 2. The number of hydrogen-bond acceptors (Lipinski definition) is 2. The van der Waals surface area contributed by atoms with E-state index in [4.69, 9.17) is 4.98 Å². The van der Waals surface area contributed by atoms with Crippen molar-refractivity contribution < 1.29 is 0 Å². The molecule has 1 aromatic heterocycles. The van der Waals surface area contributed by atoms with Gasteiger partial charge in [-0.1, -0.05) is 27.7 Å². The zero-order valence-electron chi connectivity index (χ0n) is 14.0. The summed E-state index contributed by atoms with van der Waals surface area (Å²) < 4.78 is 2.70. The summed E-state index contributed by atoms with van der Waals surface area (Å²) >= 11 is 0. The van der Waals surface area contributed by atoms with Crippen molar-refractivity contribution in [3.63, 3.8) is 0 Å². The van der Waals surface area contributed by atoms with Crippen molar-refractivity contribution in [3.05, 3.63) is 17.2 Å². The van der Waals surface area contributed by atoms with Gasteiger partial charge >= 0.3 is 0 Å². The van der Waals surface area contributed by atoms with E-state index in [9.17, 15) is 0 Å². The molecule has 2 aliphatic carbocycles. The molecule has 0 radical (unpaired) electrons. The first-order valence-corrected chi connectivity index (χ1v) is 8.77. The molecule has 3 nitrogen and oxygen atoms in total. The van der Waals surface area contributed by atoms with E-state index >= 15 is 0 Å². The second-order valence-corrected chi connectivity index (χ2v) is 8.39. The second-order valence-electron chi connectivity index (χ2n) is 8.39. The van der Waals surface area contributed by atoms with Gasteiger partial charge in [-0.3, -0.25) is 0 Å². The summed E-state index contributed by atoms with van der Waals surface area (Å²) in [4.78, 5) is 4.99. The highest BCUT2D eigenvalue weighted by Gasteiger charge is 2.60. The van der Waals surface area contributed by atoms with Gasteiger partial charge in [0.1, 0.15) is 5.82 Å². The van der Waals surface area contributed by atoms with Gasteiger partial charge in [0.15, 0.2) is 0 Å². The lowest BCUT2D eigenvalue weighted by atomic mass is 9.68. The average molecular weight is 287 g/mol. The lowest BCUT2D eigenvalue weighted by Gasteiger charge is -2.45. The van der Waals surface area contributed by atoms with Gasteiger partial charge in [-0.2, -0.15) is 0 Å². The monoisotopic (exact) mass is 287 g/mol. The molecular formula is C18H29N3. The number of fused-ring (bicyclic) bond motifs is 3. The van der Waals surface area contributed by atoms with Crippen LogP contribution >= 0.6 is 0 Å². The van der Waals surface area contributed by atoms with Crippen molar-refractivity contribution in [2.24, 2.45) is 16.7 Å². The molecule has 0 aromatic carbocycles. The van der Waals surface area contributed by atoms with Crippen LogP contribution in [0.25, 0.3) is 0 Å². The predicted octanol–water partition coefficient (Wildman–Crippen LogP) is 3.48. The van der Waals surface area contributed by atoms with Crippen molar-refractivity contribution in [2.75, 3.05) is 6.54 Å². The number of aryl methyl sites for hydroxylation is 1. The smallest absolute Gasteiger partial charge is 0.109 e. The number of imidazole rings is 1. The molecule has 0 spiro atoms. The van der Waals surface area contributed by atoms with Gasteiger partial charge in [-0.05, 0) is 36.0 Å². The van der Waals surface area contributed by atoms with Gasteiger partial charge in [0.2, 0.25) is 0 Å². The fourth-order valence-electron chi connectivity index (χ4n) is 5.86. The Morgan fingerprint density at radius 3 is 2.81 bits per heavy atom. The van der Waals surface area contributed by atoms with Gasteiger partial charge in [0.05, 0.1) is 5.69 Å². The zero-order valence-corrected chi connectivity index (χ0v) is 14.0. The second kappa shape index (κ2) is 4.34. The summed E-state index contributed by atoms with van der Waals surface area (Å²) in [5.74, 6) is 2.23. The van der Waals surface area contributed by atoms with Crippen LogP contribution in [0.2, 0.25) is 0 Å². The van der Waals surface area contributed by atoms with Crippen LogP contribution in [0.5, 0.6) is 0 Å². The van der Waals surface area contributed by atoms with Crippen molar-refractivity contribution in [1.29, 1.82) is 0 Å². The molecule has 3 unspecified atom stereocenters. The summed E-state index contributed by atoms with van der Waals surface area (Å²) in [6.07, 6.45) is 6.45. The molecule has 2 bridgehead atoms. The Kier molecular flexibility index (Phi) is 2.86. The molecule has 1 aliphatic heterocycles. The summed E-state index contributed by atoms with van der Waals surface area (Å²) in [6.45, 7) is 11.9. The molecule has 3 atom stereocenters. The highest BCUT2D eigenvalue weighted by molar-refractivity contribution is 5.25.